The van der Waals surface area contributed by atoms with Gasteiger partial charge in [-0.2, -0.15) is 18.2 Å². The molecule has 162 valence electrons. The number of pyridine rings is 1. The van der Waals surface area contributed by atoms with E-state index in [1.54, 1.807) is 12.3 Å². The summed E-state index contributed by atoms with van der Waals surface area (Å²) in [5, 5.41) is 9.26. The van der Waals surface area contributed by atoms with Gasteiger partial charge in [0.15, 0.2) is 5.82 Å². The van der Waals surface area contributed by atoms with Crippen LogP contribution in [0.5, 0.6) is 5.75 Å². The van der Waals surface area contributed by atoms with E-state index < -0.39 is 17.6 Å². The van der Waals surface area contributed by atoms with Crippen LogP contribution in [0.15, 0.2) is 30.5 Å². The van der Waals surface area contributed by atoms with Crippen LogP contribution < -0.4 is 15.4 Å². The third kappa shape index (κ3) is 4.27. The Bertz CT molecular complexity index is 1140. The van der Waals surface area contributed by atoms with Crippen molar-refractivity contribution < 1.29 is 27.1 Å². The molecule has 0 bridgehead atoms. The molecule has 3 aromatic rings. The van der Waals surface area contributed by atoms with Gasteiger partial charge in [0.25, 0.3) is 0 Å². The van der Waals surface area contributed by atoms with Crippen molar-refractivity contribution >= 4 is 17.5 Å². The van der Waals surface area contributed by atoms with E-state index in [0.717, 1.165) is 11.8 Å². The van der Waals surface area contributed by atoms with E-state index in [0.29, 0.717) is 36.5 Å². The van der Waals surface area contributed by atoms with Gasteiger partial charge >= 0.3 is 6.18 Å². The largest absolute Gasteiger partial charge is 0.491 e. The lowest BCUT2D eigenvalue weighted by atomic mass is 10.2. The van der Waals surface area contributed by atoms with Gasteiger partial charge in [-0.25, -0.2) is 9.07 Å². The summed E-state index contributed by atoms with van der Waals surface area (Å²) in [6.45, 7) is 0.325. The molecule has 8 nitrogen and oxygen atoms in total. The standard InChI is InChI=1S/C19H16F4N6O2/c1-24-16(30)9-29-17(10-6-15-14(25-8-10)4-5-31-15)27-18(28-29)26-11-2-3-13(20)12(7-11)19(21,22)23/h2-3,6-8H,4-5,9H2,1H3,(H,24,30)(H,26,28). The van der Waals surface area contributed by atoms with Crippen molar-refractivity contribution in [3.63, 3.8) is 0 Å². The van der Waals surface area contributed by atoms with Crippen molar-refractivity contribution in [1.29, 1.82) is 0 Å². The van der Waals surface area contributed by atoms with Crippen molar-refractivity contribution in [2.45, 2.75) is 19.1 Å². The zero-order valence-electron chi connectivity index (χ0n) is 16.1. The summed E-state index contributed by atoms with van der Waals surface area (Å²) in [5.74, 6) is -0.963. The minimum absolute atomic E-state index is 0.0622. The highest BCUT2D eigenvalue weighted by Gasteiger charge is 2.34. The van der Waals surface area contributed by atoms with Crippen LogP contribution in [0.1, 0.15) is 11.3 Å². The molecule has 0 fully saturated rings. The Hall–Kier alpha value is -3.70. The molecule has 0 radical (unpaired) electrons. The van der Waals surface area contributed by atoms with E-state index in [1.165, 1.54) is 11.7 Å². The number of aromatic nitrogens is 4. The number of rotatable bonds is 5. The lowest BCUT2D eigenvalue weighted by molar-refractivity contribution is -0.140. The number of likely N-dealkylation sites (N-methyl/N-ethyl adjacent to an activating group) is 1. The van der Waals surface area contributed by atoms with Gasteiger partial charge in [-0.1, -0.05) is 0 Å². The van der Waals surface area contributed by atoms with E-state index in [9.17, 15) is 22.4 Å². The van der Waals surface area contributed by atoms with Crippen LogP contribution in [0.25, 0.3) is 11.4 Å². The molecule has 2 aromatic heterocycles. The summed E-state index contributed by atoms with van der Waals surface area (Å²) in [5.41, 5.74) is -0.166. The second-order valence-electron chi connectivity index (χ2n) is 6.67. The molecule has 0 saturated carbocycles. The fraction of sp³-hybridized carbons (Fsp3) is 0.263. The first-order valence-electron chi connectivity index (χ1n) is 9.16. The van der Waals surface area contributed by atoms with Crippen LogP contribution in [-0.4, -0.2) is 39.3 Å². The summed E-state index contributed by atoms with van der Waals surface area (Å²) in [4.78, 5) is 20.5. The highest BCUT2D eigenvalue weighted by molar-refractivity contribution is 5.76. The molecule has 4 rings (SSSR count). The molecule has 1 aliphatic rings. The number of benzene rings is 1. The highest BCUT2D eigenvalue weighted by atomic mass is 19.4. The van der Waals surface area contributed by atoms with Crippen molar-refractivity contribution in [1.82, 2.24) is 25.1 Å². The van der Waals surface area contributed by atoms with Crippen molar-refractivity contribution in [2.75, 3.05) is 19.0 Å². The van der Waals surface area contributed by atoms with Crippen LogP contribution in [0.2, 0.25) is 0 Å². The molecule has 0 unspecified atom stereocenters. The van der Waals surface area contributed by atoms with Gasteiger partial charge in [-0.15, -0.1) is 5.10 Å². The smallest absolute Gasteiger partial charge is 0.419 e. The van der Waals surface area contributed by atoms with Gasteiger partial charge < -0.3 is 15.4 Å². The number of nitrogens with one attached hydrogen (secondary N) is 2. The SMILES string of the molecule is CNC(=O)Cn1nc(Nc2ccc(F)c(C(F)(F)F)c2)nc1-c1cnc2c(c1)OCC2. The predicted octanol–water partition coefficient (Wildman–Crippen LogP) is 2.92. The number of anilines is 2. The van der Waals surface area contributed by atoms with E-state index in [2.05, 4.69) is 25.7 Å². The van der Waals surface area contributed by atoms with Crippen molar-refractivity contribution in [2.24, 2.45) is 0 Å². The summed E-state index contributed by atoms with van der Waals surface area (Å²) < 4.78 is 59.3. The highest BCUT2D eigenvalue weighted by Crippen LogP contribution is 2.34. The summed E-state index contributed by atoms with van der Waals surface area (Å²) >= 11 is 0. The molecular weight excluding hydrogens is 420 g/mol. The first kappa shape index (κ1) is 20.6. The Balaban J connectivity index is 1.70. The number of halogens is 4. The molecule has 1 amide bonds. The molecule has 1 aromatic carbocycles. The zero-order valence-corrected chi connectivity index (χ0v) is 16.1. The number of ether oxygens (including phenoxy) is 1. The Morgan fingerprint density at radius 3 is 2.84 bits per heavy atom. The normalized spacial score (nSPS) is 12.9. The molecule has 0 atom stereocenters. The fourth-order valence-corrected chi connectivity index (χ4v) is 3.05. The molecule has 1 aliphatic heterocycles. The van der Waals surface area contributed by atoms with Crippen LogP contribution in [-0.2, 0) is 23.9 Å². The summed E-state index contributed by atoms with van der Waals surface area (Å²) in [6.07, 6.45) is -2.62. The number of amides is 1. The van der Waals surface area contributed by atoms with Crippen LogP contribution in [0, 0.1) is 5.82 Å². The Labute approximate surface area is 173 Å². The van der Waals surface area contributed by atoms with Gasteiger partial charge in [-0.3, -0.25) is 9.78 Å². The average molecular weight is 436 g/mol. The monoisotopic (exact) mass is 436 g/mol. The van der Waals surface area contributed by atoms with Crippen LogP contribution >= 0.6 is 0 Å². The average Bonchev–Trinajstić information content (AvgIpc) is 3.34. The Morgan fingerprint density at radius 1 is 1.29 bits per heavy atom. The third-order valence-electron chi connectivity index (χ3n) is 4.56. The number of hydrogen-bond acceptors (Lipinski definition) is 6. The van der Waals surface area contributed by atoms with Gasteiger partial charge in [0.05, 0.1) is 17.9 Å². The molecule has 31 heavy (non-hydrogen) atoms. The van der Waals surface area contributed by atoms with Gasteiger partial charge in [0, 0.05) is 30.9 Å². The van der Waals surface area contributed by atoms with E-state index in [4.69, 9.17) is 4.74 Å². The van der Waals surface area contributed by atoms with Gasteiger partial charge in [-0.05, 0) is 24.3 Å². The number of fused-ring (bicyclic) bond motifs is 1. The molecule has 0 aliphatic carbocycles. The maximum atomic E-state index is 13.5. The molecule has 0 spiro atoms. The number of carbonyl (C=O) groups is 1. The quantitative estimate of drug-likeness (QED) is 0.598. The second-order valence-corrected chi connectivity index (χ2v) is 6.67. The van der Waals surface area contributed by atoms with Crippen LogP contribution in [0.4, 0.5) is 29.2 Å². The zero-order chi connectivity index (χ0) is 22.2. The molecule has 3 heterocycles. The topological polar surface area (TPSA) is 94.0 Å². The summed E-state index contributed by atoms with van der Waals surface area (Å²) in [6, 6.07) is 4.17. The first-order chi connectivity index (χ1) is 14.7. The number of carbonyl (C=O) groups excluding carboxylic acids is 1. The second kappa shape index (κ2) is 7.85. The van der Waals surface area contributed by atoms with Crippen molar-refractivity contribution in [3.8, 4) is 17.1 Å². The molecule has 2 N–H and O–H groups in total. The number of nitrogens with zero attached hydrogens (tertiary/aromatic N) is 4. The molecule has 0 saturated heterocycles. The lowest BCUT2D eigenvalue weighted by Gasteiger charge is -2.10. The van der Waals surface area contributed by atoms with Gasteiger partial charge in [0.2, 0.25) is 11.9 Å². The lowest BCUT2D eigenvalue weighted by Crippen LogP contribution is -2.24. The molecule has 12 heteroatoms. The maximum absolute atomic E-state index is 13.5. The Kier molecular flexibility index (Phi) is 5.21. The molecular formula is C19H16F4N6O2. The van der Waals surface area contributed by atoms with E-state index >= 15 is 0 Å². The number of hydrogen-bond donors (Lipinski definition) is 2. The first-order valence-corrected chi connectivity index (χ1v) is 9.16. The number of alkyl halides is 3. The third-order valence-corrected chi connectivity index (χ3v) is 4.56. The summed E-state index contributed by atoms with van der Waals surface area (Å²) in [7, 11) is 1.46. The van der Waals surface area contributed by atoms with E-state index in [-0.39, 0.29) is 29.9 Å². The fourth-order valence-electron chi connectivity index (χ4n) is 3.05. The Morgan fingerprint density at radius 2 is 2.10 bits per heavy atom. The van der Waals surface area contributed by atoms with Crippen LogP contribution in [0.3, 0.4) is 0 Å². The maximum Gasteiger partial charge on any atom is 0.419 e. The van der Waals surface area contributed by atoms with Crippen molar-refractivity contribution in [3.05, 3.63) is 47.5 Å². The van der Waals surface area contributed by atoms with Gasteiger partial charge in [0.1, 0.15) is 18.1 Å². The minimum atomic E-state index is -4.85. The minimum Gasteiger partial charge on any atom is -0.491 e. The van der Waals surface area contributed by atoms with E-state index in [1.807, 2.05) is 0 Å². The predicted molar refractivity (Wildman–Crippen MR) is 101 cm³/mol.